The molecule has 1 fully saturated rings. The molecule has 0 amide bonds. The highest BCUT2D eigenvalue weighted by Crippen LogP contribution is 2.48. The normalized spacial score (nSPS) is 23.0. The van der Waals surface area contributed by atoms with Crippen molar-refractivity contribution >= 4 is 22.6 Å². The Morgan fingerprint density at radius 3 is 2.33 bits per heavy atom. The molecule has 1 heterocycles. The Kier molecular flexibility index (Phi) is 3.60. The third-order valence-electron chi connectivity index (χ3n) is 5.33. The van der Waals surface area contributed by atoms with E-state index in [-0.39, 0.29) is 11.1 Å². The van der Waals surface area contributed by atoms with Crippen molar-refractivity contribution < 1.29 is 9.22 Å². The second-order valence-electron chi connectivity index (χ2n) is 8.29. The van der Waals surface area contributed by atoms with Crippen molar-refractivity contribution in [3.05, 3.63) is 26.8 Å². The van der Waals surface area contributed by atoms with Crippen LogP contribution < -0.4 is 4.74 Å². The van der Waals surface area contributed by atoms with Gasteiger partial charge in [0, 0.05) is 12.8 Å². The van der Waals surface area contributed by atoms with Gasteiger partial charge in [-0.25, -0.2) is 0 Å². The summed E-state index contributed by atoms with van der Waals surface area (Å²) >= 11 is 2.46. The molecular weight excluding hydrogens is 373 g/mol. The topological polar surface area (TPSA) is 9.23 Å². The molecule has 0 bridgehead atoms. The number of ether oxygens (including phenoxy) is 1. The number of fused-ring (bicyclic) bond motifs is 1. The lowest BCUT2D eigenvalue weighted by Crippen LogP contribution is -2.63. The molecule has 0 radical (unpaired) electrons. The highest BCUT2D eigenvalue weighted by Gasteiger charge is 2.53. The molecule has 1 aliphatic carbocycles. The van der Waals surface area contributed by atoms with E-state index in [1.54, 1.807) is 0 Å². The molecule has 0 saturated heterocycles. The number of benzene rings is 1. The van der Waals surface area contributed by atoms with Gasteiger partial charge in [0.05, 0.1) is 23.2 Å². The van der Waals surface area contributed by atoms with Crippen LogP contribution in [0, 0.1) is 3.57 Å². The molecule has 2 nitrogen and oxygen atoms in total. The summed E-state index contributed by atoms with van der Waals surface area (Å²) in [6.45, 7) is 7.93. The monoisotopic (exact) mass is 400 g/mol. The molecule has 21 heavy (non-hydrogen) atoms. The third kappa shape index (κ3) is 2.50. The van der Waals surface area contributed by atoms with Crippen LogP contribution in [-0.2, 0) is 12.0 Å². The summed E-state index contributed by atoms with van der Waals surface area (Å²) in [5.74, 6) is 1.16. The number of hydrogen-bond acceptors (Lipinski definition) is 1. The molecule has 1 aromatic rings. The Hall–Kier alpha value is -0.290. The summed E-state index contributed by atoms with van der Waals surface area (Å²) in [6, 6.07) is 4.69. The molecule has 3 rings (SSSR count). The Labute approximate surface area is 142 Å². The lowest BCUT2D eigenvalue weighted by Gasteiger charge is -2.50. The zero-order valence-corrected chi connectivity index (χ0v) is 16.1. The van der Waals surface area contributed by atoms with E-state index in [0.717, 1.165) is 16.8 Å². The molecule has 0 N–H and O–H groups in total. The van der Waals surface area contributed by atoms with E-state index in [4.69, 9.17) is 4.74 Å². The minimum absolute atomic E-state index is 0.0101. The number of hydrogen-bond donors (Lipinski definition) is 0. The van der Waals surface area contributed by atoms with Crippen LogP contribution in [-0.4, -0.2) is 24.3 Å². The molecule has 0 unspecified atom stereocenters. The molecule has 2 aliphatic rings. The summed E-state index contributed by atoms with van der Waals surface area (Å²) < 4.78 is 8.90. The fourth-order valence-electron chi connectivity index (χ4n) is 3.83. The summed E-state index contributed by atoms with van der Waals surface area (Å²) in [5, 5.41) is 0. The fraction of sp³-hybridized carbons (Fsp3) is 0.667. The number of quaternary nitrogens is 1. The lowest BCUT2D eigenvalue weighted by molar-refractivity contribution is -0.977. The minimum atomic E-state index is 0.0101. The van der Waals surface area contributed by atoms with Crippen molar-refractivity contribution in [2.75, 3.05) is 14.1 Å². The number of halogens is 1. The smallest absolute Gasteiger partial charge is 0.243 e. The second-order valence-corrected chi connectivity index (χ2v) is 9.46. The van der Waals surface area contributed by atoms with Crippen molar-refractivity contribution in [3.63, 3.8) is 0 Å². The van der Waals surface area contributed by atoms with Crippen molar-refractivity contribution in [1.29, 1.82) is 0 Å². The fourth-order valence-corrected chi connectivity index (χ4v) is 4.63. The average Bonchev–Trinajstić information content (AvgIpc) is 2.80. The SMILES string of the molecule is CC(C)(C)c1cc(I)c2c(c1)C[N+](C)(C)C1(CCCC1)O2. The van der Waals surface area contributed by atoms with Gasteiger partial charge in [0.2, 0.25) is 5.72 Å². The first-order valence-electron chi connectivity index (χ1n) is 8.00. The van der Waals surface area contributed by atoms with Crippen LogP contribution in [0.5, 0.6) is 5.75 Å². The minimum Gasteiger partial charge on any atom is -0.439 e. The van der Waals surface area contributed by atoms with Crippen LogP contribution in [0.25, 0.3) is 0 Å². The molecular formula is C18H27INO+. The van der Waals surface area contributed by atoms with Gasteiger partial charge in [-0.2, -0.15) is 0 Å². The predicted octanol–water partition coefficient (Wildman–Crippen LogP) is 4.83. The maximum Gasteiger partial charge on any atom is 0.243 e. The summed E-state index contributed by atoms with van der Waals surface area (Å²) in [5.41, 5.74) is 3.00. The van der Waals surface area contributed by atoms with Gasteiger partial charge in [-0.05, 0) is 58.5 Å². The molecule has 3 heteroatoms. The molecule has 1 aliphatic heterocycles. The van der Waals surface area contributed by atoms with E-state index in [1.807, 2.05) is 0 Å². The highest BCUT2D eigenvalue weighted by atomic mass is 127. The summed E-state index contributed by atoms with van der Waals surface area (Å²) in [4.78, 5) is 0. The quantitative estimate of drug-likeness (QED) is 0.448. The van der Waals surface area contributed by atoms with Crippen LogP contribution in [0.2, 0.25) is 0 Å². The highest BCUT2D eigenvalue weighted by molar-refractivity contribution is 14.1. The molecule has 1 spiro atoms. The Bertz CT molecular complexity index is 565. The van der Waals surface area contributed by atoms with Crippen molar-refractivity contribution in [2.24, 2.45) is 0 Å². The predicted molar refractivity (Wildman–Crippen MR) is 95.5 cm³/mol. The van der Waals surface area contributed by atoms with Crippen LogP contribution >= 0.6 is 22.6 Å². The van der Waals surface area contributed by atoms with Gasteiger partial charge < -0.3 is 4.74 Å². The van der Waals surface area contributed by atoms with Gasteiger partial charge in [-0.3, -0.25) is 4.48 Å². The standard InChI is InChI=1S/C18H27INO/c1-17(2,3)14-10-13-12-20(4,5)18(8-6-7-9-18)21-16(13)15(19)11-14/h10-11H,6-9,12H2,1-5H3/q+1. The van der Waals surface area contributed by atoms with E-state index < -0.39 is 0 Å². The third-order valence-corrected chi connectivity index (χ3v) is 6.13. The van der Waals surface area contributed by atoms with Gasteiger partial charge >= 0.3 is 0 Å². The van der Waals surface area contributed by atoms with Crippen molar-refractivity contribution in [2.45, 2.75) is 64.1 Å². The van der Waals surface area contributed by atoms with Crippen LogP contribution in [0.3, 0.4) is 0 Å². The first kappa shape index (κ1) is 15.6. The van der Waals surface area contributed by atoms with Crippen LogP contribution in [0.4, 0.5) is 0 Å². The molecule has 1 saturated carbocycles. The van der Waals surface area contributed by atoms with Gasteiger partial charge in [0.1, 0.15) is 12.3 Å². The number of rotatable bonds is 0. The molecule has 0 atom stereocenters. The first-order chi connectivity index (χ1) is 9.65. The largest absolute Gasteiger partial charge is 0.439 e. The van der Waals surface area contributed by atoms with Gasteiger partial charge in [0.15, 0.2) is 0 Å². The van der Waals surface area contributed by atoms with E-state index in [0.29, 0.717) is 0 Å². The van der Waals surface area contributed by atoms with Gasteiger partial charge in [0.25, 0.3) is 0 Å². The van der Waals surface area contributed by atoms with E-state index in [1.165, 1.54) is 40.4 Å². The van der Waals surface area contributed by atoms with Crippen molar-refractivity contribution in [1.82, 2.24) is 0 Å². The van der Waals surface area contributed by atoms with Crippen LogP contribution in [0.1, 0.15) is 57.6 Å². The first-order valence-corrected chi connectivity index (χ1v) is 9.08. The Balaban J connectivity index is 2.09. The maximum atomic E-state index is 6.66. The lowest BCUT2D eigenvalue weighted by atomic mass is 9.85. The zero-order chi connectivity index (χ0) is 15.5. The van der Waals surface area contributed by atoms with Gasteiger partial charge in [-0.1, -0.05) is 20.8 Å². The Morgan fingerprint density at radius 2 is 1.76 bits per heavy atom. The average molecular weight is 400 g/mol. The summed E-state index contributed by atoms with van der Waals surface area (Å²) in [7, 11) is 4.68. The summed E-state index contributed by atoms with van der Waals surface area (Å²) in [6.07, 6.45) is 4.98. The second kappa shape index (κ2) is 4.85. The maximum absolute atomic E-state index is 6.66. The molecule has 1 aromatic carbocycles. The van der Waals surface area contributed by atoms with Crippen LogP contribution in [0.15, 0.2) is 12.1 Å². The molecule has 116 valence electrons. The molecule has 0 aromatic heterocycles. The Morgan fingerprint density at radius 1 is 1.14 bits per heavy atom. The van der Waals surface area contributed by atoms with E-state index >= 15 is 0 Å². The number of nitrogens with zero attached hydrogens (tertiary/aromatic N) is 1. The zero-order valence-electron chi connectivity index (χ0n) is 13.9. The van der Waals surface area contributed by atoms with Crippen molar-refractivity contribution in [3.8, 4) is 5.75 Å². The van der Waals surface area contributed by atoms with Gasteiger partial charge in [-0.15, -0.1) is 0 Å². The van der Waals surface area contributed by atoms with E-state index in [9.17, 15) is 0 Å². The van der Waals surface area contributed by atoms with E-state index in [2.05, 4.69) is 69.6 Å².